The van der Waals surface area contributed by atoms with Crippen LogP contribution in [0.2, 0.25) is 0 Å². The van der Waals surface area contributed by atoms with Crippen molar-refractivity contribution >= 4 is 17.2 Å². The molecular formula is C33H41N7O3. The normalized spacial score (nSPS) is 19.8. The maximum Gasteiger partial charge on any atom is 0.318 e. The van der Waals surface area contributed by atoms with Gasteiger partial charge in [0.05, 0.1) is 54.2 Å². The number of rotatable bonds is 5. The van der Waals surface area contributed by atoms with Crippen molar-refractivity contribution < 1.29 is 14.3 Å². The molecule has 7 rings (SSSR count). The lowest BCUT2D eigenvalue weighted by atomic mass is 9.85. The van der Waals surface area contributed by atoms with Crippen LogP contribution in [0.3, 0.4) is 0 Å². The summed E-state index contributed by atoms with van der Waals surface area (Å²) in [6.07, 6.45) is 8.77. The van der Waals surface area contributed by atoms with E-state index in [-0.39, 0.29) is 23.8 Å². The Morgan fingerprint density at radius 1 is 1.12 bits per heavy atom. The number of aryl methyl sites for hydroxylation is 1. The molecule has 3 aliphatic rings. The van der Waals surface area contributed by atoms with Crippen molar-refractivity contribution in [3.63, 3.8) is 0 Å². The summed E-state index contributed by atoms with van der Waals surface area (Å²) in [7, 11) is 0. The van der Waals surface area contributed by atoms with E-state index in [1.54, 1.807) is 0 Å². The van der Waals surface area contributed by atoms with Gasteiger partial charge in [0.1, 0.15) is 5.82 Å². The van der Waals surface area contributed by atoms with E-state index in [0.717, 1.165) is 79.0 Å². The van der Waals surface area contributed by atoms with E-state index in [9.17, 15) is 4.79 Å². The third-order valence-corrected chi connectivity index (χ3v) is 8.95. The van der Waals surface area contributed by atoms with Crippen LogP contribution in [-0.4, -0.2) is 73.7 Å². The molecule has 0 spiro atoms. The lowest BCUT2D eigenvalue weighted by Gasteiger charge is -2.42. The van der Waals surface area contributed by atoms with Gasteiger partial charge in [0.25, 0.3) is 0 Å². The number of hydrogen-bond donors (Lipinski definition) is 2. The predicted molar refractivity (Wildman–Crippen MR) is 165 cm³/mol. The lowest BCUT2D eigenvalue weighted by Crippen LogP contribution is -2.59. The summed E-state index contributed by atoms with van der Waals surface area (Å²) in [5.41, 5.74) is 8.19. The number of urea groups is 1. The van der Waals surface area contributed by atoms with Crippen LogP contribution < -0.4 is 5.32 Å². The number of aromatic nitrogens is 5. The van der Waals surface area contributed by atoms with Gasteiger partial charge in [0, 0.05) is 30.7 Å². The standard InChI is InChI=1S/C33H41N7O3/c1-20-27(17-35-40(20)23-11-14-42-15-12-23)30-37-29-26(10-13-34-31(29)38-30)22-8-9-25-21(16-22)6-5-7-28(25)36-32(41)39-18-24(19-39)43-33(2,3)4/h8-10,13,16-17,23-24,28H,5-7,11-12,14-15,18-19H2,1-4H3,(H,36,41)(H,34,37,38)/t28-/m0/s1. The molecular weight excluding hydrogens is 542 g/mol. The van der Waals surface area contributed by atoms with Crippen LogP contribution in [0.25, 0.3) is 33.7 Å². The van der Waals surface area contributed by atoms with Crippen molar-refractivity contribution in [1.82, 2.24) is 34.9 Å². The number of amides is 2. The summed E-state index contributed by atoms with van der Waals surface area (Å²) in [5, 5.41) is 8.01. The minimum absolute atomic E-state index is 0.00745. The fourth-order valence-electron chi connectivity index (χ4n) is 6.78. The Hall–Kier alpha value is -3.76. The third kappa shape index (κ3) is 5.54. The van der Waals surface area contributed by atoms with Crippen molar-refractivity contribution in [2.24, 2.45) is 0 Å². The zero-order valence-corrected chi connectivity index (χ0v) is 25.5. The van der Waals surface area contributed by atoms with Crippen LogP contribution >= 0.6 is 0 Å². The second-order valence-corrected chi connectivity index (χ2v) is 13.1. The zero-order chi connectivity index (χ0) is 29.7. The van der Waals surface area contributed by atoms with Crippen molar-refractivity contribution in [1.29, 1.82) is 0 Å². The van der Waals surface area contributed by atoms with E-state index in [1.165, 1.54) is 11.1 Å². The molecule has 0 saturated carbocycles. The number of hydrogen-bond acceptors (Lipinski definition) is 6. The first-order valence-electron chi connectivity index (χ1n) is 15.6. The molecule has 10 nitrogen and oxygen atoms in total. The lowest BCUT2D eigenvalue weighted by molar-refractivity contribution is -0.111. The summed E-state index contributed by atoms with van der Waals surface area (Å²) < 4.78 is 13.7. The number of nitrogens with zero attached hydrogens (tertiary/aromatic N) is 5. The quantitative estimate of drug-likeness (QED) is 0.310. The number of aromatic amines is 1. The van der Waals surface area contributed by atoms with Gasteiger partial charge >= 0.3 is 6.03 Å². The molecule has 2 N–H and O–H groups in total. The Balaban J connectivity index is 1.10. The Kier molecular flexibility index (Phi) is 7.21. The molecule has 0 bridgehead atoms. The molecule has 43 heavy (non-hydrogen) atoms. The van der Waals surface area contributed by atoms with E-state index >= 15 is 0 Å². The molecule has 0 unspecified atom stereocenters. The molecule has 4 aromatic rings. The number of imidazole rings is 1. The fraction of sp³-hybridized carbons (Fsp3) is 0.515. The first-order valence-corrected chi connectivity index (χ1v) is 15.6. The molecule has 0 radical (unpaired) electrons. The molecule has 1 aliphatic carbocycles. The number of ether oxygens (including phenoxy) is 2. The smallest absolute Gasteiger partial charge is 0.318 e. The SMILES string of the molecule is Cc1c(-c2nc3nccc(-c4ccc5c(c4)CCC[C@@H]5NC(=O)N4CC(OC(C)(C)C)C4)c3[nH]2)cnn1C1CCOCC1. The van der Waals surface area contributed by atoms with Crippen LogP contribution in [0.15, 0.2) is 36.7 Å². The molecule has 226 valence electrons. The number of likely N-dealkylation sites (tertiary alicyclic amines) is 1. The molecule has 2 aliphatic heterocycles. The van der Waals surface area contributed by atoms with Gasteiger partial charge in [-0.15, -0.1) is 0 Å². The van der Waals surface area contributed by atoms with E-state index in [4.69, 9.17) is 19.6 Å². The molecule has 1 aromatic carbocycles. The van der Waals surface area contributed by atoms with Gasteiger partial charge in [-0.1, -0.05) is 18.2 Å². The number of benzene rings is 1. The minimum Gasteiger partial charge on any atom is -0.381 e. The second-order valence-electron chi connectivity index (χ2n) is 13.1. The number of fused-ring (bicyclic) bond motifs is 2. The highest BCUT2D eigenvalue weighted by Crippen LogP contribution is 2.36. The molecule has 5 heterocycles. The highest BCUT2D eigenvalue weighted by molar-refractivity contribution is 5.91. The zero-order valence-electron chi connectivity index (χ0n) is 25.5. The highest BCUT2D eigenvalue weighted by atomic mass is 16.5. The first-order chi connectivity index (χ1) is 20.7. The summed E-state index contributed by atoms with van der Waals surface area (Å²) in [6, 6.07) is 9.02. The van der Waals surface area contributed by atoms with Crippen LogP contribution in [0.1, 0.15) is 75.4 Å². The minimum atomic E-state index is -0.196. The van der Waals surface area contributed by atoms with E-state index < -0.39 is 0 Å². The average molecular weight is 584 g/mol. The summed E-state index contributed by atoms with van der Waals surface area (Å²) in [4.78, 5) is 27.9. The number of pyridine rings is 1. The largest absolute Gasteiger partial charge is 0.381 e. The van der Waals surface area contributed by atoms with Crippen molar-refractivity contribution in [3.8, 4) is 22.5 Å². The van der Waals surface area contributed by atoms with Crippen molar-refractivity contribution in [3.05, 3.63) is 53.5 Å². The summed E-state index contributed by atoms with van der Waals surface area (Å²) in [6.45, 7) is 11.1. The second kappa shape index (κ2) is 11.1. The predicted octanol–water partition coefficient (Wildman–Crippen LogP) is 5.73. The molecule has 3 aromatic heterocycles. The van der Waals surface area contributed by atoms with Crippen molar-refractivity contribution in [2.45, 2.75) is 83.6 Å². The summed E-state index contributed by atoms with van der Waals surface area (Å²) in [5.74, 6) is 0.785. The van der Waals surface area contributed by atoms with Gasteiger partial charge < -0.3 is 24.7 Å². The number of H-pyrrole nitrogens is 1. The van der Waals surface area contributed by atoms with Gasteiger partial charge in [0.2, 0.25) is 0 Å². The molecule has 1 atom stereocenters. The number of carbonyl (C=O) groups is 1. The Labute approximate surface area is 252 Å². The van der Waals surface area contributed by atoms with Gasteiger partial charge in [0.15, 0.2) is 5.65 Å². The maximum absolute atomic E-state index is 13.0. The van der Waals surface area contributed by atoms with E-state index in [0.29, 0.717) is 24.8 Å². The monoisotopic (exact) mass is 583 g/mol. The molecule has 2 saturated heterocycles. The van der Waals surface area contributed by atoms with E-state index in [2.05, 4.69) is 65.9 Å². The fourth-order valence-corrected chi connectivity index (χ4v) is 6.78. The number of nitrogens with one attached hydrogen (secondary N) is 2. The van der Waals surface area contributed by atoms with Crippen LogP contribution in [0.5, 0.6) is 0 Å². The molecule has 2 amide bonds. The van der Waals surface area contributed by atoms with Gasteiger partial charge in [-0.25, -0.2) is 14.8 Å². The van der Waals surface area contributed by atoms with Gasteiger partial charge in [-0.2, -0.15) is 5.10 Å². The topological polar surface area (TPSA) is 110 Å². The molecule has 10 heteroatoms. The van der Waals surface area contributed by atoms with Crippen LogP contribution in [-0.2, 0) is 15.9 Å². The Bertz CT molecular complexity index is 1640. The van der Waals surface area contributed by atoms with Gasteiger partial charge in [-0.3, -0.25) is 4.68 Å². The maximum atomic E-state index is 13.0. The van der Waals surface area contributed by atoms with Gasteiger partial charge in [-0.05, 0) is 82.6 Å². The Morgan fingerprint density at radius 3 is 2.72 bits per heavy atom. The number of carbonyl (C=O) groups excluding carboxylic acids is 1. The first kappa shape index (κ1) is 28.0. The molecule has 2 fully saturated rings. The van der Waals surface area contributed by atoms with E-state index in [1.807, 2.05) is 23.4 Å². The third-order valence-electron chi connectivity index (χ3n) is 8.95. The Morgan fingerprint density at radius 2 is 1.93 bits per heavy atom. The van der Waals surface area contributed by atoms with Crippen molar-refractivity contribution in [2.75, 3.05) is 26.3 Å². The summed E-state index contributed by atoms with van der Waals surface area (Å²) >= 11 is 0. The average Bonchev–Trinajstić information content (AvgIpc) is 3.57. The van der Waals surface area contributed by atoms with Crippen LogP contribution in [0.4, 0.5) is 4.79 Å². The highest BCUT2D eigenvalue weighted by Gasteiger charge is 2.35. The van der Waals surface area contributed by atoms with Crippen LogP contribution in [0, 0.1) is 6.92 Å².